The molecule has 0 saturated heterocycles. The van der Waals surface area contributed by atoms with Gasteiger partial charge in [0.2, 0.25) is 5.78 Å². The highest BCUT2D eigenvalue weighted by Gasteiger charge is 2.33. The normalized spacial score (nSPS) is 11.5. The molecule has 0 N–H and O–H groups in total. The van der Waals surface area contributed by atoms with Gasteiger partial charge in [0.15, 0.2) is 0 Å². The Hall–Kier alpha value is -3.73. The molecular formula is C20H10F4N4. The third-order valence-electron chi connectivity index (χ3n) is 4.23. The van der Waals surface area contributed by atoms with Crippen LogP contribution >= 0.6 is 0 Å². The molecule has 0 radical (unpaired) electrons. The van der Waals surface area contributed by atoms with Gasteiger partial charge >= 0.3 is 6.18 Å². The van der Waals surface area contributed by atoms with Crippen LogP contribution in [0.15, 0.2) is 60.9 Å². The van der Waals surface area contributed by atoms with E-state index in [0.717, 1.165) is 6.07 Å². The predicted octanol–water partition coefficient (Wildman–Crippen LogP) is 5.09. The van der Waals surface area contributed by atoms with E-state index < -0.39 is 17.7 Å². The van der Waals surface area contributed by atoms with Crippen molar-refractivity contribution in [3.05, 3.63) is 78.0 Å². The average molecular weight is 382 g/mol. The van der Waals surface area contributed by atoms with E-state index in [1.54, 1.807) is 30.3 Å². The zero-order chi connectivity index (χ0) is 19.9. The number of nitriles is 1. The van der Waals surface area contributed by atoms with Crippen LogP contribution in [0.5, 0.6) is 0 Å². The maximum Gasteiger partial charge on any atom is 0.433 e. The number of fused-ring (bicyclic) bond motifs is 1. The molecule has 0 aliphatic heterocycles. The molecule has 4 nitrogen and oxygen atoms in total. The number of benzene rings is 2. The Morgan fingerprint density at radius 2 is 1.82 bits per heavy atom. The summed E-state index contributed by atoms with van der Waals surface area (Å²) in [4.78, 5) is 7.47. The van der Waals surface area contributed by atoms with E-state index in [4.69, 9.17) is 5.26 Å². The summed E-state index contributed by atoms with van der Waals surface area (Å²) in [5, 5.41) is 9.04. The van der Waals surface area contributed by atoms with Crippen LogP contribution in [-0.2, 0) is 6.18 Å². The monoisotopic (exact) mass is 382 g/mol. The molecule has 28 heavy (non-hydrogen) atoms. The fourth-order valence-corrected chi connectivity index (χ4v) is 2.90. The van der Waals surface area contributed by atoms with Gasteiger partial charge in [0.25, 0.3) is 0 Å². The van der Waals surface area contributed by atoms with E-state index in [2.05, 4.69) is 9.97 Å². The Bertz CT molecular complexity index is 1240. The van der Waals surface area contributed by atoms with Crippen molar-refractivity contribution in [2.75, 3.05) is 0 Å². The molecule has 0 fully saturated rings. The molecular weight excluding hydrogens is 372 g/mol. The molecule has 0 saturated carbocycles. The average Bonchev–Trinajstić information content (AvgIpc) is 3.11. The lowest BCUT2D eigenvalue weighted by molar-refractivity contribution is -0.141. The maximum atomic E-state index is 14.4. The van der Waals surface area contributed by atoms with Crippen LogP contribution in [0.2, 0.25) is 0 Å². The zero-order valence-electron chi connectivity index (χ0n) is 14.1. The molecule has 0 amide bonds. The lowest BCUT2D eigenvalue weighted by Crippen LogP contribution is -2.09. The van der Waals surface area contributed by atoms with E-state index in [1.165, 1.54) is 28.9 Å². The van der Waals surface area contributed by atoms with Crippen molar-refractivity contribution < 1.29 is 17.6 Å². The Morgan fingerprint density at radius 3 is 2.57 bits per heavy atom. The van der Waals surface area contributed by atoms with Crippen LogP contribution < -0.4 is 0 Å². The maximum absolute atomic E-state index is 14.4. The standard InChI is InChI=1S/C20H10F4N4/c21-16-5-4-14(9-15(16)13-3-1-2-12(8-13)10-25)17-11-26-19-27-18(20(22,23)24)6-7-28(17)19/h1-9,11H. The van der Waals surface area contributed by atoms with Crippen LogP contribution in [0.4, 0.5) is 17.6 Å². The third kappa shape index (κ3) is 3.07. The van der Waals surface area contributed by atoms with Crippen LogP contribution in [0.1, 0.15) is 11.3 Å². The molecule has 0 atom stereocenters. The number of aromatic nitrogens is 3. The molecule has 4 aromatic rings. The van der Waals surface area contributed by atoms with Gasteiger partial charge in [-0.2, -0.15) is 18.4 Å². The largest absolute Gasteiger partial charge is 0.433 e. The number of hydrogen-bond acceptors (Lipinski definition) is 3. The molecule has 0 bridgehead atoms. The van der Waals surface area contributed by atoms with Crippen molar-refractivity contribution in [1.82, 2.24) is 14.4 Å². The van der Waals surface area contributed by atoms with Crippen LogP contribution in [-0.4, -0.2) is 14.4 Å². The van der Waals surface area contributed by atoms with Gasteiger partial charge in [-0.05, 0) is 42.0 Å². The third-order valence-corrected chi connectivity index (χ3v) is 4.23. The number of halogens is 4. The van der Waals surface area contributed by atoms with Gasteiger partial charge in [-0.15, -0.1) is 0 Å². The van der Waals surface area contributed by atoms with Gasteiger partial charge < -0.3 is 0 Å². The number of nitrogens with zero attached hydrogens (tertiary/aromatic N) is 4. The second-order valence-electron chi connectivity index (χ2n) is 6.01. The van der Waals surface area contributed by atoms with E-state index in [-0.39, 0.29) is 11.3 Å². The molecule has 0 spiro atoms. The summed E-state index contributed by atoms with van der Waals surface area (Å²) in [6.07, 6.45) is -1.96. The van der Waals surface area contributed by atoms with Gasteiger partial charge in [0, 0.05) is 17.3 Å². The van der Waals surface area contributed by atoms with E-state index in [0.29, 0.717) is 22.4 Å². The molecule has 4 rings (SSSR count). The van der Waals surface area contributed by atoms with Crippen LogP contribution in [0.3, 0.4) is 0 Å². The number of alkyl halides is 3. The van der Waals surface area contributed by atoms with Gasteiger partial charge in [0.1, 0.15) is 11.5 Å². The summed E-state index contributed by atoms with van der Waals surface area (Å²) < 4.78 is 54.3. The highest BCUT2D eigenvalue weighted by atomic mass is 19.4. The molecule has 0 aliphatic carbocycles. The van der Waals surface area contributed by atoms with E-state index in [9.17, 15) is 17.6 Å². The molecule has 0 unspecified atom stereocenters. The summed E-state index contributed by atoms with van der Waals surface area (Å²) in [5.74, 6) is -0.590. The first-order valence-electron chi connectivity index (χ1n) is 8.08. The second-order valence-corrected chi connectivity index (χ2v) is 6.01. The fraction of sp³-hybridized carbons (Fsp3) is 0.0500. The highest BCUT2D eigenvalue weighted by molar-refractivity contribution is 5.73. The van der Waals surface area contributed by atoms with Crippen molar-refractivity contribution in [1.29, 1.82) is 5.26 Å². The minimum absolute atomic E-state index is 0.109. The summed E-state index contributed by atoms with van der Waals surface area (Å²) in [7, 11) is 0. The molecule has 2 heterocycles. The first kappa shape index (κ1) is 17.7. The van der Waals surface area contributed by atoms with Crippen LogP contribution in [0, 0.1) is 17.1 Å². The first-order valence-corrected chi connectivity index (χ1v) is 8.08. The first-order chi connectivity index (χ1) is 13.4. The smallest absolute Gasteiger partial charge is 0.284 e. The second kappa shape index (κ2) is 6.46. The van der Waals surface area contributed by atoms with Gasteiger partial charge in [-0.25, -0.2) is 14.4 Å². The molecule has 2 aromatic heterocycles. The topological polar surface area (TPSA) is 54.0 Å². The lowest BCUT2D eigenvalue weighted by Gasteiger charge is -2.09. The van der Waals surface area contributed by atoms with Gasteiger partial charge in [0.05, 0.1) is 23.5 Å². The van der Waals surface area contributed by atoms with Gasteiger partial charge in [-0.1, -0.05) is 12.1 Å². The van der Waals surface area contributed by atoms with Crippen molar-refractivity contribution in [3.8, 4) is 28.5 Å². The van der Waals surface area contributed by atoms with Crippen molar-refractivity contribution >= 4 is 5.78 Å². The number of imidazole rings is 1. The Balaban J connectivity index is 1.83. The quantitative estimate of drug-likeness (QED) is 0.454. The zero-order valence-corrected chi connectivity index (χ0v) is 14.1. The minimum atomic E-state index is -4.57. The number of rotatable bonds is 2. The van der Waals surface area contributed by atoms with E-state index in [1.807, 2.05) is 6.07 Å². The fourth-order valence-electron chi connectivity index (χ4n) is 2.90. The molecule has 138 valence electrons. The van der Waals surface area contributed by atoms with Crippen LogP contribution in [0.25, 0.3) is 28.2 Å². The summed E-state index contributed by atoms with van der Waals surface area (Å²) >= 11 is 0. The molecule has 8 heteroatoms. The highest BCUT2D eigenvalue weighted by Crippen LogP contribution is 2.31. The predicted molar refractivity (Wildman–Crippen MR) is 93.5 cm³/mol. The van der Waals surface area contributed by atoms with Crippen molar-refractivity contribution in [2.24, 2.45) is 0 Å². The van der Waals surface area contributed by atoms with Crippen molar-refractivity contribution in [3.63, 3.8) is 0 Å². The summed E-state index contributed by atoms with van der Waals surface area (Å²) in [5.41, 5.74) is 1.15. The minimum Gasteiger partial charge on any atom is -0.284 e. The van der Waals surface area contributed by atoms with Crippen molar-refractivity contribution in [2.45, 2.75) is 6.18 Å². The summed E-state index contributed by atoms with van der Waals surface area (Å²) in [6.45, 7) is 0. The molecule has 0 aliphatic rings. The summed E-state index contributed by atoms with van der Waals surface area (Å²) in [6, 6.07) is 13.7. The lowest BCUT2D eigenvalue weighted by atomic mass is 10.00. The Kier molecular flexibility index (Phi) is 4.08. The molecule has 2 aromatic carbocycles. The van der Waals surface area contributed by atoms with Gasteiger partial charge in [-0.3, -0.25) is 4.40 Å². The number of hydrogen-bond donors (Lipinski definition) is 0. The Labute approximate surface area is 156 Å². The Morgan fingerprint density at radius 1 is 1.00 bits per heavy atom. The van der Waals surface area contributed by atoms with E-state index >= 15 is 0 Å². The SMILES string of the molecule is N#Cc1cccc(-c2cc(-c3cnc4nc(C(F)(F)F)ccn34)ccc2F)c1.